The van der Waals surface area contributed by atoms with Crippen LogP contribution in [0, 0.1) is 6.92 Å². The molecule has 1 saturated heterocycles. The molecule has 0 amide bonds. The molecule has 30 heavy (non-hydrogen) atoms. The minimum absolute atomic E-state index is 0.377. The standard InChI is InChI=1S/C22H31N7O/c1-16(2)21-19(22(27(4)26-21)28-9-11-30-12-10-28)15-23-13-18-5-6-20(25-14-18)29-8-7-24-17(29)3/h5-8,14,16,23H,9-13,15H2,1-4H3. The number of nitrogens with zero attached hydrogens (tertiary/aromatic N) is 6. The van der Waals surface area contributed by atoms with Crippen LogP contribution in [-0.4, -0.2) is 50.6 Å². The Hall–Kier alpha value is -2.71. The van der Waals surface area contributed by atoms with Gasteiger partial charge in [0.05, 0.1) is 18.9 Å². The van der Waals surface area contributed by atoms with Crippen LogP contribution in [0.4, 0.5) is 5.82 Å². The van der Waals surface area contributed by atoms with E-state index in [9.17, 15) is 0 Å². The number of aryl methyl sites for hydroxylation is 2. The minimum Gasteiger partial charge on any atom is -0.378 e. The first kappa shape index (κ1) is 20.6. The molecule has 0 aliphatic carbocycles. The van der Waals surface area contributed by atoms with Gasteiger partial charge < -0.3 is 15.0 Å². The van der Waals surface area contributed by atoms with Crippen molar-refractivity contribution < 1.29 is 4.74 Å². The van der Waals surface area contributed by atoms with Gasteiger partial charge in [0.25, 0.3) is 0 Å². The smallest absolute Gasteiger partial charge is 0.137 e. The van der Waals surface area contributed by atoms with Crippen molar-refractivity contribution in [1.29, 1.82) is 0 Å². The average Bonchev–Trinajstić information content (AvgIpc) is 3.32. The van der Waals surface area contributed by atoms with Gasteiger partial charge in [0.15, 0.2) is 0 Å². The molecule has 0 spiro atoms. The van der Waals surface area contributed by atoms with E-state index in [1.807, 2.05) is 41.7 Å². The van der Waals surface area contributed by atoms with Crippen LogP contribution in [0.25, 0.3) is 5.82 Å². The largest absolute Gasteiger partial charge is 0.378 e. The topological polar surface area (TPSA) is 73.0 Å². The molecule has 0 unspecified atom stereocenters. The van der Waals surface area contributed by atoms with E-state index in [2.05, 4.69) is 40.1 Å². The van der Waals surface area contributed by atoms with Gasteiger partial charge in [0, 0.05) is 57.4 Å². The predicted molar refractivity (Wildman–Crippen MR) is 117 cm³/mol. The summed E-state index contributed by atoms with van der Waals surface area (Å²) in [7, 11) is 2.04. The summed E-state index contributed by atoms with van der Waals surface area (Å²) in [6, 6.07) is 4.15. The van der Waals surface area contributed by atoms with Gasteiger partial charge in [0.2, 0.25) is 0 Å². The maximum Gasteiger partial charge on any atom is 0.137 e. The molecule has 3 aromatic heterocycles. The van der Waals surface area contributed by atoms with Gasteiger partial charge in [0.1, 0.15) is 17.5 Å². The highest BCUT2D eigenvalue weighted by atomic mass is 16.5. The van der Waals surface area contributed by atoms with Gasteiger partial charge in [-0.1, -0.05) is 19.9 Å². The third-order valence-electron chi connectivity index (χ3n) is 5.51. The Labute approximate surface area is 177 Å². The molecule has 1 N–H and O–H groups in total. The lowest BCUT2D eigenvalue weighted by atomic mass is 10.0. The molecule has 0 aromatic carbocycles. The molecule has 0 saturated carbocycles. The molecule has 1 aliphatic heterocycles. The number of ether oxygens (including phenoxy) is 1. The second-order valence-electron chi connectivity index (χ2n) is 8.04. The van der Waals surface area contributed by atoms with Crippen LogP contribution >= 0.6 is 0 Å². The zero-order chi connectivity index (χ0) is 21.1. The van der Waals surface area contributed by atoms with Gasteiger partial charge in [-0.05, 0) is 24.5 Å². The Bertz CT molecular complexity index is 968. The van der Waals surface area contributed by atoms with Crippen LogP contribution in [-0.2, 0) is 24.9 Å². The number of hydrogen-bond acceptors (Lipinski definition) is 6. The molecule has 0 atom stereocenters. The number of imidazole rings is 1. The summed E-state index contributed by atoms with van der Waals surface area (Å²) in [5.41, 5.74) is 3.60. The van der Waals surface area contributed by atoms with Gasteiger partial charge in [-0.25, -0.2) is 9.97 Å². The quantitative estimate of drug-likeness (QED) is 0.647. The van der Waals surface area contributed by atoms with Crippen molar-refractivity contribution in [3.8, 4) is 5.82 Å². The lowest BCUT2D eigenvalue weighted by Crippen LogP contribution is -2.38. The highest BCUT2D eigenvalue weighted by Crippen LogP contribution is 2.29. The van der Waals surface area contributed by atoms with Gasteiger partial charge in [-0.15, -0.1) is 0 Å². The van der Waals surface area contributed by atoms with Gasteiger partial charge >= 0.3 is 0 Å². The summed E-state index contributed by atoms with van der Waals surface area (Å²) in [6.45, 7) is 11.3. The Kier molecular flexibility index (Phi) is 6.15. The highest BCUT2D eigenvalue weighted by Gasteiger charge is 2.24. The van der Waals surface area contributed by atoms with Crippen LogP contribution in [0.2, 0.25) is 0 Å². The summed E-state index contributed by atoms with van der Waals surface area (Å²) in [6.07, 6.45) is 5.65. The molecular weight excluding hydrogens is 378 g/mol. The number of hydrogen-bond donors (Lipinski definition) is 1. The maximum absolute atomic E-state index is 5.54. The summed E-state index contributed by atoms with van der Waals surface area (Å²) in [4.78, 5) is 11.2. The Morgan fingerprint density at radius 2 is 1.93 bits per heavy atom. The molecule has 4 heterocycles. The number of nitrogens with one attached hydrogen (secondary N) is 1. The van der Waals surface area contributed by atoms with E-state index in [1.54, 1.807) is 6.20 Å². The maximum atomic E-state index is 5.54. The highest BCUT2D eigenvalue weighted by molar-refractivity contribution is 5.51. The normalized spacial score (nSPS) is 14.6. The molecule has 3 aromatic rings. The fourth-order valence-electron chi connectivity index (χ4n) is 4.00. The van der Waals surface area contributed by atoms with E-state index in [0.717, 1.165) is 62.3 Å². The summed E-state index contributed by atoms with van der Waals surface area (Å²) in [5, 5.41) is 8.43. The number of anilines is 1. The van der Waals surface area contributed by atoms with E-state index in [-0.39, 0.29) is 0 Å². The van der Waals surface area contributed by atoms with Crippen molar-refractivity contribution in [2.24, 2.45) is 7.05 Å². The first-order valence-corrected chi connectivity index (χ1v) is 10.6. The first-order valence-electron chi connectivity index (χ1n) is 10.6. The monoisotopic (exact) mass is 409 g/mol. The number of aromatic nitrogens is 5. The molecular formula is C22H31N7O. The molecule has 0 radical (unpaired) electrons. The van der Waals surface area contributed by atoms with Crippen LogP contribution in [0.3, 0.4) is 0 Å². The number of pyridine rings is 1. The van der Waals surface area contributed by atoms with Crippen molar-refractivity contribution in [3.63, 3.8) is 0 Å². The second-order valence-corrected chi connectivity index (χ2v) is 8.04. The summed E-state index contributed by atoms with van der Waals surface area (Å²) < 4.78 is 9.55. The first-order chi connectivity index (χ1) is 14.5. The van der Waals surface area contributed by atoms with Crippen LogP contribution in [0.15, 0.2) is 30.7 Å². The Morgan fingerprint density at radius 1 is 1.13 bits per heavy atom. The fraction of sp³-hybridized carbons (Fsp3) is 0.500. The molecule has 8 heteroatoms. The SMILES string of the molecule is Cc1nccn1-c1ccc(CNCc2c(C(C)C)nn(C)c2N2CCOCC2)cn1. The summed E-state index contributed by atoms with van der Waals surface area (Å²) in [5.74, 6) is 3.40. The van der Waals surface area contributed by atoms with E-state index in [0.29, 0.717) is 5.92 Å². The van der Waals surface area contributed by atoms with E-state index < -0.39 is 0 Å². The zero-order valence-corrected chi connectivity index (χ0v) is 18.3. The van der Waals surface area contributed by atoms with Crippen molar-refractivity contribution in [1.82, 2.24) is 29.6 Å². The molecule has 8 nitrogen and oxygen atoms in total. The average molecular weight is 410 g/mol. The van der Waals surface area contributed by atoms with Crippen molar-refractivity contribution in [2.75, 3.05) is 31.2 Å². The van der Waals surface area contributed by atoms with Crippen LogP contribution in [0.5, 0.6) is 0 Å². The van der Waals surface area contributed by atoms with Gasteiger partial charge in [-0.3, -0.25) is 9.25 Å². The van der Waals surface area contributed by atoms with E-state index in [4.69, 9.17) is 9.84 Å². The van der Waals surface area contributed by atoms with Crippen molar-refractivity contribution >= 4 is 5.82 Å². The molecule has 1 aliphatic rings. The van der Waals surface area contributed by atoms with Gasteiger partial charge in [-0.2, -0.15) is 5.10 Å². The Morgan fingerprint density at radius 3 is 2.57 bits per heavy atom. The second kappa shape index (κ2) is 8.97. The lowest BCUT2D eigenvalue weighted by molar-refractivity contribution is 0.122. The third kappa shape index (κ3) is 4.24. The van der Waals surface area contributed by atoms with Crippen LogP contribution in [0.1, 0.15) is 42.4 Å². The minimum atomic E-state index is 0.377. The van der Waals surface area contributed by atoms with E-state index >= 15 is 0 Å². The zero-order valence-electron chi connectivity index (χ0n) is 18.3. The van der Waals surface area contributed by atoms with Crippen LogP contribution < -0.4 is 10.2 Å². The molecule has 1 fully saturated rings. The number of morpholine rings is 1. The molecule has 160 valence electrons. The Balaban J connectivity index is 1.46. The van der Waals surface area contributed by atoms with Crippen molar-refractivity contribution in [2.45, 2.75) is 39.8 Å². The van der Waals surface area contributed by atoms with Crippen molar-refractivity contribution in [3.05, 3.63) is 53.4 Å². The molecule has 0 bridgehead atoms. The molecule has 4 rings (SSSR count). The van der Waals surface area contributed by atoms with E-state index in [1.165, 1.54) is 11.4 Å². The number of rotatable bonds is 7. The third-order valence-corrected chi connectivity index (χ3v) is 5.51. The summed E-state index contributed by atoms with van der Waals surface area (Å²) >= 11 is 0. The fourth-order valence-corrected chi connectivity index (χ4v) is 4.00. The predicted octanol–water partition coefficient (Wildman–Crippen LogP) is 2.56. The lowest BCUT2D eigenvalue weighted by Gasteiger charge is -2.29.